The zero-order valence-electron chi connectivity index (χ0n) is 16.1. The molecule has 0 bridgehead atoms. The maximum absolute atomic E-state index is 12.6. The third-order valence-corrected chi connectivity index (χ3v) is 6.10. The molecule has 0 saturated heterocycles. The van der Waals surface area contributed by atoms with Gasteiger partial charge in [0, 0.05) is 16.7 Å². The number of rotatable bonds is 7. The van der Waals surface area contributed by atoms with Gasteiger partial charge in [-0.05, 0) is 31.0 Å². The van der Waals surface area contributed by atoms with E-state index in [0.29, 0.717) is 6.42 Å². The summed E-state index contributed by atoms with van der Waals surface area (Å²) in [5.41, 5.74) is 1.95. The molecule has 1 aromatic carbocycles. The highest BCUT2D eigenvalue weighted by Gasteiger charge is 2.46. The molecule has 1 fully saturated rings. The van der Waals surface area contributed by atoms with Gasteiger partial charge in [0.05, 0.1) is 17.9 Å². The van der Waals surface area contributed by atoms with Gasteiger partial charge in [0.25, 0.3) is 0 Å². The van der Waals surface area contributed by atoms with E-state index in [1.54, 1.807) is 19.2 Å². The average Bonchev–Trinajstić information content (AvgIpc) is 3.14. The van der Waals surface area contributed by atoms with Gasteiger partial charge in [0.1, 0.15) is 5.82 Å². The first kappa shape index (κ1) is 20.5. The van der Waals surface area contributed by atoms with E-state index in [0.717, 1.165) is 33.3 Å². The van der Waals surface area contributed by atoms with E-state index in [9.17, 15) is 18.0 Å². The van der Waals surface area contributed by atoms with Crippen molar-refractivity contribution in [1.82, 2.24) is 15.3 Å². The second-order valence-electron chi connectivity index (χ2n) is 7.29. The number of carbonyl (C=O) groups excluding carboxylic acids is 1. The van der Waals surface area contributed by atoms with Crippen LogP contribution >= 0.6 is 11.3 Å². The van der Waals surface area contributed by atoms with E-state index < -0.39 is 12.8 Å². The van der Waals surface area contributed by atoms with Gasteiger partial charge in [-0.1, -0.05) is 30.3 Å². The van der Waals surface area contributed by atoms with Crippen molar-refractivity contribution in [2.24, 2.45) is 5.92 Å². The number of ether oxygens (including phenoxy) is 1. The molecule has 2 N–H and O–H groups in total. The second-order valence-corrected chi connectivity index (χ2v) is 8.37. The van der Waals surface area contributed by atoms with Crippen molar-refractivity contribution in [2.45, 2.75) is 31.5 Å². The van der Waals surface area contributed by atoms with Gasteiger partial charge in [-0.25, -0.2) is 4.98 Å². The van der Waals surface area contributed by atoms with Gasteiger partial charge in [-0.3, -0.25) is 4.79 Å². The quantitative estimate of drug-likeness (QED) is 0.545. The summed E-state index contributed by atoms with van der Waals surface area (Å²) in [6.07, 6.45) is -1.89. The number of hydrogen-bond acceptors (Lipinski definition) is 4. The van der Waals surface area contributed by atoms with Crippen molar-refractivity contribution in [3.63, 3.8) is 0 Å². The number of thiophene rings is 1. The number of imidazole rings is 1. The molecule has 0 radical (unpaired) electrons. The number of nitrogens with one attached hydrogen (secondary N) is 2. The van der Waals surface area contributed by atoms with Crippen molar-refractivity contribution < 1.29 is 22.7 Å². The van der Waals surface area contributed by atoms with Crippen LogP contribution in [0.15, 0.2) is 48.7 Å². The van der Waals surface area contributed by atoms with Crippen molar-refractivity contribution in [2.75, 3.05) is 6.61 Å². The Balaban J connectivity index is 1.31. The van der Waals surface area contributed by atoms with Gasteiger partial charge >= 0.3 is 6.18 Å². The lowest BCUT2D eigenvalue weighted by molar-refractivity contribution is -0.152. The number of carbonyl (C=O) groups is 1. The summed E-state index contributed by atoms with van der Waals surface area (Å²) >= 11 is 1.10. The molecule has 3 aromatic rings. The predicted octanol–water partition coefficient (Wildman–Crippen LogP) is 5.06. The maximum Gasteiger partial charge on any atom is 0.422 e. The Kier molecular flexibility index (Phi) is 5.55. The number of alkyl halides is 3. The normalized spacial score (nSPS) is 19.3. The van der Waals surface area contributed by atoms with Crippen LogP contribution in [0.2, 0.25) is 0 Å². The molecule has 9 heteroatoms. The maximum atomic E-state index is 12.6. The molecular formula is C21H20F3N3O2S. The summed E-state index contributed by atoms with van der Waals surface area (Å²) in [6.45, 7) is 0.473. The van der Waals surface area contributed by atoms with E-state index in [4.69, 9.17) is 4.74 Å². The predicted molar refractivity (Wildman–Crippen MR) is 107 cm³/mol. The van der Waals surface area contributed by atoms with Crippen LogP contribution in [0.5, 0.6) is 5.06 Å². The largest absolute Gasteiger partial charge is 0.475 e. The number of hydrogen-bond donors (Lipinski definition) is 2. The van der Waals surface area contributed by atoms with E-state index in [1.807, 2.05) is 30.3 Å². The number of nitrogens with zero attached hydrogens (tertiary/aromatic N) is 1. The standard InChI is InChI=1S/C21H20F3N3O2S/c1-12(17-7-8-18(30-17)29-11-21(22,23)24)26-20(28)15-9-14(15)19-25-10-16(27-19)13-5-3-2-4-6-13/h2-8,10,12,14-15H,9,11H2,1H3,(H,25,27)(H,26,28)/t12?,14-,15-/m1/s1. The first-order valence-corrected chi connectivity index (χ1v) is 10.3. The lowest BCUT2D eigenvalue weighted by atomic mass is 10.2. The van der Waals surface area contributed by atoms with E-state index in [-0.39, 0.29) is 28.8 Å². The van der Waals surface area contributed by atoms with E-state index in [2.05, 4.69) is 15.3 Å². The van der Waals surface area contributed by atoms with Crippen LogP contribution in [0.25, 0.3) is 11.3 Å². The summed E-state index contributed by atoms with van der Waals surface area (Å²) in [4.78, 5) is 21.0. The van der Waals surface area contributed by atoms with Gasteiger partial charge in [0.15, 0.2) is 11.7 Å². The van der Waals surface area contributed by atoms with Crippen molar-refractivity contribution in [1.29, 1.82) is 0 Å². The van der Waals surface area contributed by atoms with Crippen molar-refractivity contribution in [3.05, 3.63) is 59.4 Å². The monoisotopic (exact) mass is 435 g/mol. The molecule has 3 atom stereocenters. The third-order valence-electron chi connectivity index (χ3n) is 4.92. The summed E-state index contributed by atoms with van der Waals surface area (Å²) in [5, 5.41) is 3.11. The van der Waals surface area contributed by atoms with Crippen molar-refractivity contribution in [3.8, 4) is 16.3 Å². The second kappa shape index (κ2) is 8.14. The van der Waals surface area contributed by atoms with Gasteiger partial charge in [0.2, 0.25) is 5.91 Å². The average molecular weight is 435 g/mol. The zero-order valence-corrected chi connectivity index (χ0v) is 16.9. The number of benzene rings is 1. The summed E-state index contributed by atoms with van der Waals surface area (Å²) < 4.78 is 41.5. The zero-order chi connectivity index (χ0) is 21.3. The fourth-order valence-electron chi connectivity index (χ4n) is 3.27. The molecule has 30 heavy (non-hydrogen) atoms. The summed E-state index contributed by atoms with van der Waals surface area (Å²) in [5.74, 6) is 0.587. The smallest absolute Gasteiger partial charge is 0.422 e. The fraction of sp³-hybridized carbons (Fsp3) is 0.333. The Morgan fingerprint density at radius 3 is 2.80 bits per heavy atom. The van der Waals surface area contributed by atoms with Crippen LogP contribution in [0.4, 0.5) is 13.2 Å². The van der Waals surface area contributed by atoms with Crippen LogP contribution in [0.3, 0.4) is 0 Å². The number of halogens is 3. The molecule has 2 heterocycles. The van der Waals surface area contributed by atoms with Gasteiger partial charge < -0.3 is 15.0 Å². The molecule has 1 aliphatic carbocycles. The Morgan fingerprint density at radius 2 is 2.07 bits per heavy atom. The molecule has 5 nitrogen and oxygen atoms in total. The SMILES string of the molecule is CC(NC(=O)[C@@H]1C[C@H]1c1ncc(-c2ccccc2)[nH]1)c1ccc(OCC(F)(F)F)s1. The van der Waals surface area contributed by atoms with Crippen LogP contribution in [-0.2, 0) is 4.79 Å². The Morgan fingerprint density at radius 1 is 1.30 bits per heavy atom. The number of H-pyrrole nitrogens is 1. The molecule has 1 saturated carbocycles. The Bertz CT molecular complexity index is 1020. The fourth-order valence-corrected chi connectivity index (χ4v) is 4.12. The van der Waals surface area contributed by atoms with Crippen LogP contribution in [0.1, 0.15) is 36.0 Å². The minimum absolute atomic E-state index is 0.0451. The number of amides is 1. The first-order chi connectivity index (χ1) is 14.3. The highest BCUT2D eigenvalue weighted by Crippen LogP contribution is 2.47. The molecule has 1 amide bonds. The molecular weight excluding hydrogens is 415 g/mol. The topological polar surface area (TPSA) is 67.0 Å². The minimum Gasteiger partial charge on any atom is -0.475 e. The Labute approximate surface area is 175 Å². The highest BCUT2D eigenvalue weighted by molar-refractivity contribution is 7.13. The van der Waals surface area contributed by atoms with Gasteiger partial charge in [-0.2, -0.15) is 13.2 Å². The third kappa shape index (κ3) is 4.84. The summed E-state index contributed by atoms with van der Waals surface area (Å²) in [6, 6.07) is 12.7. The lowest BCUT2D eigenvalue weighted by Crippen LogP contribution is -2.28. The van der Waals surface area contributed by atoms with E-state index in [1.165, 1.54) is 6.07 Å². The first-order valence-electron chi connectivity index (χ1n) is 9.50. The molecule has 158 valence electrons. The van der Waals surface area contributed by atoms with Crippen LogP contribution < -0.4 is 10.1 Å². The molecule has 1 aliphatic rings. The number of aromatic amines is 1. The van der Waals surface area contributed by atoms with Crippen molar-refractivity contribution >= 4 is 17.2 Å². The van der Waals surface area contributed by atoms with Crippen LogP contribution in [0, 0.1) is 5.92 Å². The minimum atomic E-state index is -4.38. The summed E-state index contributed by atoms with van der Waals surface area (Å²) in [7, 11) is 0. The molecule has 0 aliphatic heterocycles. The Hall–Kier alpha value is -2.81. The van der Waals surface area contributed by atoms with Gasteiger partial charge in [-0.15, -0.1) is 11.3 Å². The molecule has 1 unspecified atom stereocenters. The molecule has 0 spiro atoms. The lowest BCUT2D eigenvalue weighted by Gasteiger charge is -2.12. The molecule has 4 rings (SSSR count). The van der Waals surface area contributed by atoms with Crippen LogP contribution in [-0.4, -0.2) is 28.7 Å². The highest BCUT2D eigenvalue weighted by atomic mass is 32.1. The van der Waals surface area contributed by atoms with E-state index >= 15 is 0 Å². The number of aromatic nitrogens is 2. The molecule has 2 aromatic heterocycles.